The smallest absolute Gasteiger partial charge is 0.261 e. The Kier molecular flexibility index (Phi) is 5.21. The molecule has 0 radical (unpaired) electrons. The van der Waals surface area contributed by atoms with Gasteiger partial charge in [0.15, 0.2) is 0 Å². The Labute approximate surface area is 159 Å². The van der Waals surface area contributed by atoms with Crippen molar-refractivity contribution in [2.75, 3.05) is 24.5 Å². The Bertz CT molecular complexity index is 981. The second-order valence-corrected chi connectivity index (χ2v) is 7.29. The first-order valence-electron chi connectivity index (χ1n) is 9.73. The van der Waals surface area contributed by atoms with Gasteiger partial charge in [0.25, 0.3) is 5.56 Å². The van der Waals surface area contributed by atoms with Crippen LogP contribution in [0.3, 0.4) is 0 Å². The highest BCUT2D eigenvalue weighted by Crippen LogP contribution is 2.25. The van der Waals surface area contributed by atoms with Crippen LogP contribution >= 0.6 is 0 Å². The summed E-state index contributed by atoms with van der Waals surface area (Å²) >= 11 is 0. The molecule has 1 unspecified atom stereocenters. The van der Waals surface area contributed by atoms with E-state index in [1.54, 1.807) is 10.9 Å². The van der Waals surface area contributed by atoms with Crippen LogP contribution in [-0.4, -0.2) is 35.2 Å². The Morgan fingerprint density at radius 1 is 1.15 bits per heavy atom. The average Bonchev–Trinajstić information content (AvgIpc) is 2.70. The van der Waals surface area contributed by atoms with Crippen molar-refractivity contribution < 1.29 is 0 Å². The number of nitrogens with zero attached hydrogens (tertiary/aromatic N) is 3. The topological polar surface area (TPSA) is 50.2 Å². The second kappa shape index (κ2) is 7.92. The van der Waals surface area contributed by atoms with E-state index in [2.05, 4.69) is 46.4 Å². The molecule has 3 aromatic rings. The van der Waals surface area contributed by atoms with Gasteiger partial charge in [0.2, 0.25) is 0 Å². The summed E-state index contributed by atoms with van der Waals surface area (Å²) in [6.45, 7) is 5.72. The average molecular weight is 362 g/mol. The number of aryl methyl sites for hydroxylation is 1. The zero-order valence-corrected chi connectivity index (χ0v) is 15.8. The molecule has 0 aliphatic carbocycles. The van der Waals surface area contributed by atoms with Crippen LogP contribution in [-0.2, 0) is 13.0 Å². The maximum Gasteiger partial charge on any atom is 0.261 e. The molecule has 2 heterocycles. The lowest BCUT2D eigenvalue weighted by molar-refractivity contribution is 0.468. The van der Waals surface area contributed by atoms with Gasteiger partial charge in [0.1, 0.15) is 0 Å². The summed E-state index contributed by atoms with van der Waals surface area (Å²) in [5.74, 6) is 0. The van der Waals surface area contributed by atoms with Crippen LogP contribution in [0.5, 0.6) is 0 Å². The molecule has 27 heavy (non-hydrogen) atoms. The minimum absolute atomic E-state index is 0.0270. The second-order valence-electron chi connectivity index (χ2n) is 7.29. The Hall–Kier alpha value is -2.66. The molecule has 2 aromatic carbocycles. The van der Waals surface area contributed by atoms with E-state index in [-0.39, 0.29) is 11.6 Å². The van der Waals surface area contributed by atoms with Crippen LogP contribution < -0.4 is 15.8 Å². The third-order valence-corrected chi connectivity index (χ3v) is 5.28. The highest BCUT2D eigenvalue weighted by Gasteiger charge is 2.16. The van der Waals surface area contributed by atoms with E-state index in [4.69, 9.17) is 0 Å². The molecule has 1 atom stereocenters. The Morgan fingerprint density at radius 2 is 1.96 bits per heavy atom. The molecule has 1 aromatic heterocycles. The minimum atomic E-state index is 0.0270. The van der Waals surface area contributed by atoms with Gasteiger partial charge in [-0.05, 0) is 43.5 Å². The zero-order valence-electron chi connectivity index (χ0n) is 15.8. The van der Waals surface area contributed by atoms with Crippen molar-refractivity contribution in [2.45, 2.75) is 32.4 Å². The van der Waals surface area contributed by atoms with E-state index in [1.807, 2.05) is 24.3 Å². The van der Waals surface area contributed by atoms with Crippen molar-refractivity contribution in [1.82, 2.24) is 14.9 Å². The maximum atomic E-state index is 12.6. The first-order chi connectivity index (χ1) is 13.2. The number of benzene rings is 2. The highest BCUT2D eigenvalue weighted by molar-refractivity contribution is 5.76. The SMILES string of the molecule is CC(Cn1cnc2ccccc2c1=O)NCCN1CCCc2ccccc21. The summed E-state index contributed by atoms with van der Waals surface area (Å²) in [5.41, 5.74) is 3.60. The Morgan fingerprint density at radius 3 is 2.89 bits per heavy atom. The molecule has 0 bridgehead atoms. The molecule has 1 aliphatic heterocycles. The summed E-state index contributed by atoms with van der Waals surface area (Å²) in [4.78, 5) is 19.5. The lowest BCUT2D eigenvalue weighted by Crippen LogP contribution is -2.40. The lowest BCUT2D eigenvalue weighted by Gasteiger charge is -2.31. The van der Waals surface area contributed by atoms with Gasteiger partial charge in [0, 0.05) is 37.9 Å². The number of aromatic nitrogens is 2. The molecule has 0 saturated carbocycles. The quantitative estimate of drug-likeness (QED) is 0.733. The first kappa shape index (κ1) is 17.7. The van der Waals surface area contributed by atoms with E-state index in [1.165, 1.54) is 24.1 Å². The van der Waals surface area contributed by atoms with Gasteiger partial charge in [-0.2, -0.15) is 0 Å². The molecule has 140 valence electrons. The predicted molar refractivity (Wildman–Crippen MR) is 110 cm³/mol. The van der Waals surface area contributed by atoms with Crippen molar-refractivity contribution in [3.05, 3.63) is 70.8 Å². The van der Waals surface area contributed by atoms with Gasteiger partial charge in [0.05, 0.1) is 17.2 Å². The van der Waals surface area contributed by atoms with Gasteiger partial charge in [-0.25, -0.2) is 4.98 Å². The summed E-state index contributed by atoms with van der Waals surface area (Å²) in [5, 5.41) is 4.23. The van der Waals surface area contributed by atoms with Gasteiger partial charge < -0.3 is 10.2 Å². The number of nitrogens with one attached hydrogen (secondary N) is 1. The van der Waals surface area contributed by atoms with E-state index < -0.39 is 0 Å². The molecule has 0 saturated heterocycles. The van der Waals surface area contributed by atoms with Crippen LogP contribution in [0, 0.1) is 0 Å². The largest absolute Gasteiger partial charge is 0.370 e. The van der Waals surface area contributed by atoms with E-state index in [0.29, 0.717) is 11.9 Å². The highest BCUT2D eigenvalue weighted by atomic mass is 16.1. The molecule has 5 nitrogen and oxygen atoms in total. The summed E-state index contributed by atoms with van der Waals surface area (Å²) < 4.78 is 1.70. The molecular weight excluding hydrogens is 336 g/mol. The molecule has 0 amide bonds. The van der Waals surface area contributed by atoms with Crippen molar-refractivity contribution in [1.29, 1.82) is 0 Å². The molecular formula is C22H26N4O. The van der Waals surface area contributed by atoms with Crippen molar-refractivity contribution in [2.24, 2.45) is 0 Å². The van der Waals surface area contributed by atoms with Crippen LogP contribution in [0.1, 0.15) is 18.9 Å². The van der Waals surface area contributed by atoms with Crippen molar-refractivity contribution in [3.8, 4) is 0 Å². The number of fused-ring (bicyclic) bond motifs is 2. The van der Waals surface area contributed by atoms with Crippen LogP contribution in [0.4, 0.5) is 5.69 Å². The number of rotatable bonds is 6. The van der Waals surface area contributed by atoms with Gasteiger partial charge in [-0.3, -0.25) is 9.36 Å². The van der Waals surface area contributed by atoms with Crippen LogP contribution in [0.25, 0.3) is 10.9 Å². The maximum absolute atomic E-state index is 12.6. The van der Waals surface area contributed by atoms with E-state index in [9.17, 15) is 4.79 Å². The van der Waals surface area contributed by atoms with E-state index >= 15 is 0 Å². The predicted octanol–water partition coefficient (Wildman–Crippen LogP) is 2.83. The third-order valence-electron chi connectivity index (χ3n) is 5.28. The lowest BCUT2D eigenvalue weighted by atomic mass is 10.0. The molecule has 0 spiro atoms. The fraction of sp³-hybridized carbons (Fsp3) is 0.364. The fourth-order valence-corrected chi connectivity index (χ4v) is 3.89. The zero-order chi connectivity index (χ0) is 18.6. The Balaban J connectivity index is 1.35. The van der Waals surface area contributed by atoms with Gasteiger partial charge >= 0.3 is 0 Å². The standard InChI is InChI=1S/C22H26N4O/c1-17(15-26-16-24-20-10-4-3-9-19(20)22(26)27)23-12-14-25-13-6-8-18-7-2-5-11-21(18)25/h2-5,7,9-11,16-17,23H,6,8,12-15H2,1H3. The number of para-hydroxylation sites is 2. The number of hydrogen-bond acceptors (Lipinski definition) is 4. The normalized spacial score (nSPS) is 14.9. The van der Waals surface area contributed by atoms with Gasteiger partial charge in [-0.15, -0.1) is 0 Å². The summed E-state index contributed by atoms with van der Waals surface area (Å²) in [7, 11) is 0. The van der Waals surface area contributed by atoms with Crippen LogP contribution in [0.2, 0.25) is 0 Å². The summed E-state index contributed by atoms with van der Waals surface area (Å²) in [6.07, 6.45) is 4.04. The molecule has 5 heteroatoms. The fourth-order valence-electron chi connectivity index (χ4n) is 3.89. The molecule has 1 N–H and O–H groups in total. The molecule has 4 rings (SSSR count). The molecule has 0 fully saturated rings. The van der Waals surface area contributed by atoms with Crippen LogP contribution in [0.15, 0.2) is 59.7 Å². The van der Waals surface area contributed by atoms with E-state index in [0.717, 1.165) is 25.2 Å². The number of hydrogen-bond donors (Lipinski definition) is 1. The summed E-state index contributed by atoms with van der Waals surface area (Å²) in [6, 6.07) is 16.4. The van der Waals surface area contributed by atoms with Crippen molar-refractivity contribution in [3.63, 3.8) is 0 Å². The minimum Gasteiger partial charge on any atom is -0.370 e. The third kappa shape index (κ3) is 3.88. The monoisotopic (exact) mass is 362 g/mol. The van der Waals surface area contributed by atoms with Crippen molar-refractivity contribution >= 4 is 16.6 Å². The van der Waals surface area contributed by atoms with Gasteiger partial charge in [-0.1, -0.05) is 30.3 Å². The number of anilines is 1. The first-order valence-corrected chi connectivity index (χ1v) is 9.73. The molecule has 1 aliphatic rings.